The van der Waals surface area contributed by atoms with Crippen LogP contribution < -0.4 is 10.5 Å². The number of rotatable bonds is 4. The molecule has 1 aliphatic rings. The summed E-state index contributed by atoms with van der Waals surface area (Å²) in [5.41, 5.74) is 6.86. The van der Waals surface area contributed by atoms with Crippen LogP contribution in [-0.4, -0.2) is 30.9 Å². The minimum absolute atomic E-state index is 0.218. The molecule has 1 saturated heterocycles. The summed E-state index contributed by atoms with van der Waals surface area (Å²) in [6.45, 7) is 2.86. The Labute approximate surface area is 122 Å². The number of hydrogen-bond acceptors (Lipinski definition) is 3. The molecular weight excluding hydrogens is 306 g/mol. The lowest BCUT2D eigenvalue weighted by atomic mass is 9.96. The zero-order valence-electron chi connectivity index (χ0n) is 11.2. The lowest BCUT2D eigenvalue weighted by Gasteiger charge is -2.32. The summed E-state index contributed by atoms with van der Waals surface area (Å²) < 4.78 is 6.21. The third-order valence-corrected chi connectivity index (χ3v) is 4.19. The fourth-order valence-electron chi connectivity index (χ4n) is 2.52. The van der Waals surface area contributed by atoms with Crippen LogP contribution >= 0.6 is 15.9 Å². The van der Waals surface area contributed by atoms with E-state index in [0.29, 0.717) is 5.84 Å². The van der Waals surface area contributed by atoms with E-state index >= 15 is 0 Å². The molecule has 1 aromatic rings. The summed E-state index contributed by atoms with van der Waals surface area (Å²) in [7, 11) is 1.67. The minimum atomic E-state index is 0.218. The van der Waals surface area contributed by atoms with Crippen LogP contribution in [0.25, 0.3) is 0 Å². The van der Waals surface area contributed by atoms with E-state index in [4.69, 9.17) is 15.9 Å². The summed E-state index contributed by atoms with van der Waals surface area (Å²) in [6, 6.07) is 6.16. The maximum absolute atomic E-state index is 7.57. The molecule has 1 unspecified atom stereocenters. The maximum atomic E-state index is 7.57. The standard InChI is InChI=1S/C14H20BrN3O/c1-19-13-5-4-10(7-12(13)15)8-18-6-2-3-11(9-18)14(16)17/h4-5,7,11H,2-3,6,8-9H2,1H3,(H3,16,17). The van der Waals surface area contributed by atoms with Gasteiger partial charge in [0.1, 0.15) is 5.75 Å². The van der Waals surface area contributed by atoms with Crippen LogP contribution in [0.4, 0.5) is 0 Å². The van der Waals surface area contributed by atoms with Crippen molar-refractivity contribution in [2.24, 2.45) is 11.7 Å². The van der Waals surface area contributed by atoms with Crippen molar-refractivity contribution >= 4 is 21.8 Å². The van der Waals surface area contributed by atoms with Gasteiger partial charge < -0.3 is 10.5 Å². The van der Waals surface area contributed by atoms with Crippen molar-refractivity contribution in [2.75, 3.05) is 20.2 Å². The smallest absolute Gasteiger partial charge is 0.133 e. The Kier molecular flexibility index (Phi) is 4.82. The number of hydrogen-bond donors (Lipinski definition) is 2. The largest absolute Gasteiger partial charge is 0.496 e. The van der Waals surface area contributed by atoms with Crippen molar-refractivity contribution in [3.8, 4) is 5.75 Å². The van der Waals surface area contributed by atoms with Crippen molar-refractivity contribution in [3.63, 3.8) is 0 Å². The molecule has 0 aliphatic carbocycles. The molecule has 1 atom stereocenters. The Balaban J connectivity index is 2.00. The van der Waals surface area contributed by atoms with E-state index in [-0.39, 0.29) is 5.92 Å². The molecular formula is C14H20BrN3O. The predicted molar refractivity (Wildman–Crippen MR) is 80.6 cm³/mol. The number of nitrogens with zero attached hydrogens (tertiary/aromatic N) is 1. The van der Waals surface area contributed by atoms with Gasteiger partial charge in [-0.05, 0) is 53.0 Å². The zero-order valence-corrected chi connectivity index (χ0v) is 12.7. The second-order valence-electron chi connectivity index (χ2n) is 5.00. The lowest BCUT2D eigenvalue weighted by molar-refractivity contribution is 0.195. The molecule has 0 radical (unpaired) electrons. The third kappa shape index (κ3) is 3.70. The van der Waals surface area contributed by atoms with E-state index in [2.05, 4.69) is 33.0 Å². The minimum Gasteiger partial charge on any atom is -0.496 e. The first-order valence-electron chi connectivity index (χ1n) is 6.49. The van der Waals surface area contributed by atoms with Crippen LogP contribution in [0.2, 0.25) is 0 Å². The van der Waals surface area contributed by atoms with E-state index in [1.807, 2.05) is 6.07 Å². The van der Waals surface area contributed by atoms with Gasteiger partial charge in [-0.2, -0.15) is 0 Å². The fraction of sp³-hybridized carbons (Fsp3) is 0.500. The molecule has 1 aromatic carbocycles. The van der Waals surface area contributed by atoms with Crippen molar-refractivity contribution in [2.45, 2.75) is 19.4 Å². The van der Waals surface area contributed by atoms with Gasteiger partial charge >= 0.3 is 0 Å². The van der Waals surface area contributed by atoms with Gasteiger partial charge in [0.2, 0.25) is 0 Å². The predicted octanol–water partition coefficient (Wildman–Crippen LogP) is 2.61. The molecule has 1 aliphatic heterocycles. The van der Waals surface area contributed by atoms with E-state index in [9.17, 15) is 0 Å². The van der Waals surface area contributed by atoms with Gasteiger partial charge in [-0.1, -0.05) is 6.07 Å². The first-order valence-corrected chi connectivity index (χ1v) is 7.28. The van der Waals surface area contributed by atoms with Gasteiger partial charge in [0.15, 0.2) is 0 Å². The number of ether oxygens (including phenoxy) is 1. The Morgan fingerprint density at radius 1 is 1.58 bits per heavy atom. The molecule has 5 heteroatoms. The quantitative estimate of drug-likeness (QED) is 0.660. The highest BCUT2D eigenvalue weighted by molar-refractivity contribution is 9.10. The molecule has 0 saturated carbocycles. The van der Waals surface area contributed by atoms with Crippen LogP contribution in [0.15, 0.2) is 22.7 Å². The van der Waals surface area contributed by atoms with E-state index < -0.39 is 0 Å². The number of amidine groups is 1. The van der Waals surface area contributed by atoms with Crippen molar-refractivity contribution in [1.29, 1.82) is 5.41 Å². The summed E-state index contributed by atoms with van der Waals surface area (Å²) >= 11 is 3.51. The molecule has 0 aromatic heterocycles. The number of nitrogens with two attached hydrogens (primary N) is 1. The molecule has 0 spiro atoms. The molecule has 2 rings (SSSR count). The molecule has 0 bridgehead atoms. The number of halogens is 1. The normalized spacial score (nSPS) is 20.2. The summed E-state index contributed by atoms with van der Waals surface area (Å²) in [6.07, 6.45) is 2.15. The van der Waals surface area contributed by atoms with Gasteiger partial charge in [0.05, 0.1) is 17.4 Å². The van der Waals surface area contributed by atoms with Gasteiger partial charge in [-0.15, -0.1) is 0 Å². The summed E-state index contributed by atoms with van der Waals surface area (Å²) in [5.74, 6) is 1.39. The SMILES string of the molecule is COc1ccc(CN2CCCC(C(=N)N)C2)cc1Br. The van der Waals surface area contributed by atoms with Gasteiger partial charge in [-0.3, -0.25) is 10.3 Å². The maximum Gasteiger partial charge on any atom is 0.133 e. The van der Waals surface area contributed by atoms with Crippen LogP contribution in [-0.2, 0) is 6.54 Å². The Morgan fingerprint density at radius 3 is 3.00 bits per heavy atom. The van der Waals surface area contributed by atoms with Gasteiger partial charge in [0.25, 0.3) is 0 Å². The van der Waals surface area contributed by atoms with Crippen LogP contribution in [0, 0.1) is 11.3 Å². The average Bonchev–Trinajstić information content (AvgIpc) is 2.39. The molecule has 1 fully saturated rings. The highest BCUT2D eigenvalue weighted by Gasteiger charge is 2.22. The van der Waals surface area contributed by atoms with Crippen LogP contribution in [0.3, 0.4) is 0 Å². The number of nitrogens with one attached hydrogen (secondary N) is 1. The highest BCUT2D eigenvalue weighted by Crippen LogP contribution is 2.27. The average molecular weight is 326 g/mol. The molecule has 19 heavy (non-hydrogen) atoms. The molecule has 3 N–H and O–H groups in total. The number of piperidine rings is 1. The second-order valence-corrected chi connectivity index (χ2v) is 5.85. The summed E-state index contributed by atoms with van der Waals surface area (Å²) in [4.78, 5) is 2.36. The summed E-state index contributed by atoms with van der Waals surface area (Å²) in [5, 5.41) is 7.57. The number of methoxy groups -OCH3 is 1. The Bertz CT molecular complexity index is 464. The number of benzene rings is 1. The van der Waals surface area contributed by atoms with Crippen molar-refractivity contribution < 1.29 is 4.74 Å². The first kappa shape index (κ1) is 14.3. The third-order valence-electron chi connectivity index (χ3n) is 3.57. The van der Waals surface area contributed by atoms with Crippen LogP contribution in [0.1, 0.15) is 18.4 Å². The zero-order chi connectivity index (χ0) is 13.8. The van der Waals surface area contributed by atoms with Crippen molar-refractivity contribution in [1.82, 2.24) is 4.90 Å². The van der Waals surface area contributed by atoms with Gasteiger partial charge in [-0.25, -0.2) is 0 Å². The second kappa shape index (κ2) is 6.39. The molecule has 1 heterocycles. The van der Waals surface area contributed by atoms with Gasteiger partial charge in [0, 0.05) is 19.0 Å². The number of likely N-dealkylation sites (tertiary alicyclic amines) is 1. The molecule has 4 nitrogen and oxygen atoms in total. The first-order chi connectivity index (χ1) is 9.10. The van der Waals surface area contributed by atoms with E-state index in [0.717, 1.165) is 42.7 Å². The van der Waals surface area contributed by atoms with E-state index in [1.54, 1.807) is 7.11 Å². The highest BCUT2D eigenvalue weighted by atomic mass is 79.9. The Morgan fingerprint density at radius 2 is 2.37 bits per heavy atom. The fourth-order valence-corrected chi connectivity index (χ4v) is 3.11. The lowest BCUT2D eigenvalue weighted by Crippen LogP contribution is -2.40. The monoisotopic (exact) mass is 325 g/mol. The molecule has 104 valence electrons. The molecule has 0 amide bonds. The van der Waals surface area contributed by atoms with Crippen molar-refractivity contribution in [3.05, 3.63) is 28.2 Å². The topological polar surface area (TPSA) is 62.3 Å². The van der Waals surface area contributed by atoms with Crippen LogP contribution in [0.5, 0.6) is 5.75 Å². The van der Waals surface area contributed by atoms with E-state index in [1.165, 1.54) is 5.56 Å². The Hall–Kier alpha value is -1.07.